The lowest BCUT2D eigenvalue weighted by molar-refractivity contribution is 0.164. The summed E-state index contributed by atoms with van der Waals surface area (Å²) in [7, 11) is 0. The summed E-state index contributed by atoms with van der Waals surface area (Å²) in [4.78, 5) is 2.31. The topological polar surface area (TPSA) is 28.4 Å². The van der Waals surface area contributed by atoms with Gasteiger partial charge in [0.15, 0.2) is 0 Å². The van der Waals surface area contributed by atoms with Gasteiger partial charge in [0.25, 0.3) is 0 Å². The molecule has 1 aliphatic rings. The van der Waals surface area contributed by atoms with Crippen LogP contribution in [0.4, 0.5) is 4.39 Å². The van der Waals surface area contributed by atoms with Crippen LogP contribution < -0.4 is 0 Å². The zero-order valence-electron chi connectivity index (χ0n) is 14.9. The number of likely N-dealkylation sites (tertiary alicyclic amines) is 1. The maximum Gasteiger partial charge on any atom is 0.123 e. The summed E-state index contributed by atoms with van der Waals surface area (Å²) in [6, 6.07) is 12.6. The molecule has 0 amide bonds. The van der Waals surface area contributed by atoms with Crippen molar-refractivity contribution in [1.29, 1.82) is 0 Å². The first-order chi connectivity index (χ1) is 12.7. The van der Waals surface area contributed by atoms with Gasteiger partial charge in [-0.25, -0.2) is 4.39 Å². The molecule has 3 aromatic rings. The van der Waals surface area contributed by atoms with E-state index in [4.69, 9.17) is 16.7 Å². The maximum atomic E-state index is 13.3. The third kappa shape index (κ3) is 4.14. The summed E-state index contributed by atoms with van der Waals surface area (Å²) >= 11 is 6.25. The molecule has 1 N–H and O–H groups in total. The summed E-state index contributed by atoms with van der Waals surface area (Å²) in [6.45, 7) is 2.97. The summed E-state index contributed by atoms with van der Waals surface area (Å²) in [5.74, 6) is 0.245. The fourth-order valence-electron chi connectivity index (χ4n) is 3.98. The number of hydrogen-bond acceptors (Lipinski definition) is 2. The number of benzene rings is 2. The Kier molecular flexibility index (Phi) is 6.43. The minimum atomic E-state index is -0.236. The Balaban J connectivity index is 0.00000210. The highest BCUT2D eigenvalue weighted by Crippen LogP contribution is 2.36. The highest BCUT2D eigenvalue weighted by molar-refractivity contribution is 6.31. The summed E-state index contributed by atoms with van der Waals surface area (Å²) in [5.41, 5.74) is 3.31. The monoisotopic (exact) mass is 408 g/mol. The van der Waals surface area contributed by atoms with Crippen LogP contribution in [0.3, 0.4) is 0 Å². The molecule has 3 nitrogen and oxygen atoms in total. The molecule has 144 valence electrons. The van der Waals surface area contributed by atoms with Gasteiger partial charge in [-0.15, -0.1) is 12.4 Å². The van der Waals surface area contributed by atoms with E-state index in [0.29, 0.717) is 10.9 Å². The first kappa shape index (κ1) is 20.2. The lowest BCUT2D eigenvalue weighted by Gasteiger charge is -2.31. The second kappa shape index (κ2) is 8.61. The molecule has 27 heavy (non-hydrogen) atoms. The average molecular weight is 409 g/mol. The molecule has 1 saturated heterocycles. The van der Waals surface area contributed by atoms with Crippen molar-refractivity contribution in [3.05, 3.63) is 65.1 Å². The van der Waals surface area contributed by atoms with Gasteiger partial charge in [0.05, 0.1) is 12.1 Å². The van der Waals surface area contributed by atoms with Crippen molar-refractivity contribution >= 4 is 34.9 Å². The van der Waals surface area contributed by atoms with Gasteiger partial charge in [0, 0.05) is 28.8 Å². The molecule has 1 aliphatic heterocycles. The molecule has 0 unspecified atom stereocenters. The van der Waals surface area contributed by atoms with E-state index >= 15 is 0 Å². The van der Waals surface area contributed by atoms with Gasteiger partial charge in [0.1, 0.15) is 5.82 Å². The molecule has 6 heteroatoms. The molecule has 0 atom stereocenters. The number of aliphatic hydroxyl groups excluding tert-OH is 1. The van der Waals surface area contributed by atoms with Gasteiger partial charge in [-0.2, -0.15) is 0 Å². The number of nitrogens with zero attached hydrogens (tertiary/aromatic N) is 2. The van der Waals surface area contributed by atoms with Crippen LogP contribution in [0.2, 0.25) is 5.02 Å². The van der Waals surface area contributed by atoms with Gasteiger partial charge in [-0.1, -0.05) is 17.7 Å². The molecule has 0 radical (unpaired) electrons. The lowest BCUT2D eigenvalue weighted by atomic mass is 9.89. The number of piperidine rings is 1. The third-order valence-corrected chi connectivity index (χ3v) is 5.58. The van der Waals surface area contributed by atoms with Crippen LogP contribution in [0.25, 0.3) is 16.6 Å². The van der Waals surface area contributed by atoms with Crippen molar-refractivity contribution in [2.45, 2.75) is 18.8 Å². The maximum absolute atomic E-state index is 13.3. The Morgan fingerprint density at radius 2 is 1.78 bits per heavy atom. The minimum Gasteiger partial charge on any atom is -0.395 e. The predicted molar refractivity (Wildman–Crippen MR) is 111 cm³/mol. The first-order valence-electron chi connectivity index (χ1n) is 9.05. The number of hydrogen-bond donors (Lipinski definition) is 1. The predicted octanol–water partition coefficient (Wildman–Crippen LogP) is 5.02. The van der Waals surface area contributed by atoms with E-state index in [1.807, 2.05) is 12.1 Å². The quantitative estimate of drug-likeness (QED) is 0.656. The SMILES string of the molecule is Cl.OCCN1CCC(c2cn(-c3ccc(F)cc3)c3cc(Cl)ccc23)CC1. The van der Waals surface area contributed by atoms with Crippen molar-refractivity contribution in [1.82, 2.24) is 9.47 Å². The van der Waals surface area contributed by atoms with Gasteiger partial charge in [0.2, 0.25) is 0 Å². The van der Waals surface area contributed by atoms with Crippen LogP contribution in [-0.2, 0) is 0 Å². The number of aromatic nitrogens is 1. The van der Waals surface area contributed by atoms with E-state index < -0.39 is 0 Å². The van der Waals surface area contributed by atoms with E-state index in [1.165, 1.54) is 23.1 Å². The zero-order valence-corrected chi connectivity index (χ0v) is 16.5. The van der Waals surface area contributed by atoms with Crippen LogP contribution >= 0.6 is 24.0 Å². The van der Waals surface area contributed by atoms with Gasteiger partial charge < -0.3 is 14.6 Å². The van der Waals surface area contributed by atoms with Crippen molar-refractivity contribution < 1.29 is 9.50 Å². The molecule has 2 aromatic carbocycles. The fourth-order valence-corrected chi connectivity index (χ4v) is 4.14. The van der Waals surface area contributed by atoms with E-state index in [1.54, 1.807) is 12.1 Å². The van der Waals surface area contributed by atoms with E-state index in [9.17, 15) is 4.39 Å². The Bertz CT molecular complexity index is 902. The summed E-state index contributed by atoms with van der Waals surface area (Å²) in [6.07, 6.45) is 4.33. The normalized spacial score (nSPS) is 15.8. The molecule has 2 heterocycles. The van der Waals surface area contributed by atoms with Gasteiger partial charge >= 0.3 is 0 Å². The lowest BCUT2D eigenvalue weighted by Crippen LogP contribution is -2.34. The zero-order chi connectivity index (χ0) is 18.1. The van der Waals surface area contributed by atoms with Crippen molar-refractivity contribution in [2.24, 2.45) is 0 Å². The molecule has 0 saturated carbocycles. The number of rotatable bonds is 4. The highest BCUT2D eigenvalue weighted by Gasteiger charge is 2.24. The summed E-state index contributed by atoms with van der Waals surface area (Å²) in [5, 5.41) is 11.0. The largest absolute Gasteiger partial charge is 0.395 e. The second-order valence-corrected chi connectivity index (χ2v) is 7.37. The highest BCUT2D eigenvalue weighted by atomic mass is 35.5. The Morgan fingerprint density at radius 1 is 1.07 bits per heavy atom. The Hall–Kier alpha value is -1.59. The smallest absolute Gasteiger partial charge is 0.123 e. The molecule has 0 aliphatic carbocycles. The van der Waals surface area contributed by atoms with Gasteiger partial charge in [-0.3, -0.25) is 0 Å². The Labute approximate surface area is 169 Å². The van der Waals surface area contributed by atoms with Crippen LogP contribution in [0, 0.1) is 5.82 Å². The molecule has 0 bridgehead atoms. The standard InChI is InChI=1S/C21H22ClFN2O.ClH/c22-16-1-6-19-20(15-7-9-24(10-8-15)11-12-26)14-25(21(19)13-16)18-4-2-17(23)3-5-18;/h1-6,13-15,26H,7-12H2;1H. The van der Waals surface area contributed by atoms with Gasteiger partial charge in [-0.05, 0) is 73.8 Å². The number of β-amino-alcohol motifs (C(OH)–C–C–N with tert-alkyl or cyclic N) is 1. The molecule has 1 fully saturated rings. The van der Waals surface area contributed by atoms with Crippen LogP contribution in [0.5, 0.6) is 0 Å². The first-order valence-corrected chi connectivity index (χ1v) is 9.43. The Morgan fingerprint density at radius 3 is 2.44 bits per heavy atom. The molecule has 1 aromatic heterocycles. The molecular formula is C21H23Cl2FN2O. The van der Waals surface area contributed by atoms with E-state index in [2.05, 4.69) is 21.7 Å². The molecular weight excluding hydrogens is 386 g/mol. The van der Waals surface area contributed by atoms with E-state index in [0.717, 1.165) is 43.7 Å². The van der Waals surface area contributed by atoms with Crippen molar-refractivity contribution in [2.75, 3.05) is 26.2 Å². The molecule has 0 spiro atoms. The number of fused-ring (bicyclic) bond motifs is 1. The van der Waals surface area contributed by atoms with Crippen molar-refractivity contribution in [3.63, 3.8) is 0 Å². The van der Waals surface area contributed by atoms with Crippen molar-refractivity contribution in [3.8, 4) is 5.69 Å². The third-order valence-electron chi connectivity index (χ3n) is 5.35. The van der Waals surface area contributed by atoms with Crippen LogP contribution in [0.15, 0.2) is 48.7 Å². The summed E-state index contributed by atoms with van der Waals surface area (Å²) < 4.78 is 15.4. The number of aliphatic hydroxyl groups is 1. The van der Waals surface area contributed by atoms with Crippen LogP contribution in [0.1, 0.15) is 24.3 Å². The second-order valence-electron chi connectivity index (χ2n) is 6.93. The fraction of sp³-hybridized carbons (Fsp3) is 0.333. The van der Waals surface area contributed by atoms with Crippen LogP contribution in [-0.4, -0.2) is 40.8 Å². The van der Waals surface area contributed by atoms with E-state index in [-0.39, 0.29) is 24.8 Å². The minimum absolute atomic E-state index is 0. The average Bonchev–Trinajstić information content (AvgIpc) is 3.02. The number of halogens is 3. The molecule has 4 rings (SSSR count).